The maximum atomic E-state index is 12.0. The lowest BCUT2D eigenvalue weighted by Crippen LogP contribution is -2.44. The minimum atomic E-state index is 0.184. The highest BCUT2D eigenvalue weighted by molar-refractivity contribution is 5.78. The second-order valence-electron chi connectivity index (χ2n) is 6.16. The van der Waals surface area contributed by atoms with Crippen LogP contribution in [-0.4, -0.2) is 43.5 Å². The first-order valence-corrected chi connectivity index (χ1v) is 7.99. The minimum Gasteiger partial charge on any atom is -0.355 e. The average Bonchev–Trinajstić information content (AvgIpc) is 2.96. The van der Waals surface area contributed by atoms with E-state index in [2.05, 4.69) is 10.2 Å². The first kappa shape index (κ1) is 14.8. The van der Waals surface area contributed by atoms with E-state index in [1.807, 2.05) is 0 Å². The molecule has 0 aromatic heterocycles. The van der Waals surface area contributed by atoms with Crippen LogP contribution in [0.1, 0.15) is 44.9 Å². The van der Waals surface area contributed by atoms with Gasteiger partial charge >= 0.3 is 0 Å². The highest BCUT2D eigenvalue weighted by Crippen LogP contribution is 2.28. The summed E-state index contributed by atoms with van der Waals surface area (Å²) in [5, 5.41) is 2.93. The number of carbonyl (C=O) groups excluding carboxylic acids is 1. The molecule has 1 saturated heterocycles. The molecule has 2 aliphatic rings. The number of likely N-dealkylation sites (tertiary alicyclic amines) is 1. The van der Waals surface area contributed by atoms with E-state index in [-0.39, 0.29) is 11.8 Å². The van der Waals surface area contributed by atoms with Crippen LogP contribution in [0.15, 0.2) is 0 Å². The van der Waals surface area contributed by atoms with Crippen LogP contribution in [0.4, 0.5) is 0 Å². The molecule has 1 amide bonds. The highest BCUT2D eigenvalue weighted by Gasteiger charge is 2.26. The zero-order valence-corrected chi connectivity index (χ0v) is 12.1. The summed E-state index contributed by atoms with van der Waals surface area (Å²) in [5.41, 5.74) is 5.43. The number of nitrogens with zero attached hydrogens (tertiary/aromatic N) is 1. The Kier molecular flexibility index (Phi) is 6.11. The van der Waals surface area contributed by atoms with Gasteiger partial charge in [-0.25, -0.2) is 0 Å². The van der Waals surface area contributed by atoms with Crippen LogP contribution >= 0.6 is 0 Å². The van der Waals surface area contributed by atoms with Crippen LogP contribution < -0.4 is 11.1 Å². The Bertz CT molecular complexity index is 277. The molecule has 1 aliphatic carbocycles. The Morgan fingerprint density at radius 1 is 1.21 bits per heavy atom. The van der Waals surface area contributed by atoms with Gasteiger partial charge in [-0.15, -0.1) is 0 Å². The largest absolute Gasteiger partial charge is 0.355 e. The SMILES string of the molecule is NCCNC(=O)C1CCCN(CCC2CCCC2)C1. The zero-order valence-electron chi connectivity index (χ0n) is 12.1. The van der Waals surface area contributed by atoms with Gasteiger partial charge in [0, 0.05) is 19.6 Å². The number of piperidine rings is 1. The molecule has 0 radical (unpaired) electrons. The molecule has 110 valence electrons. The van der Waals surface area contributed by atoms with E-state index in [1.54, 1.807) is 0 Å². The Hall–Kier alpha value is -0.610. The molecular formula is C15H29N3O. The summed E-state index contributed by atoms with van der Waals surface area (Å²) >= 11 is 0. The predicted molar refractivity (Wildman–Crippen MR) is 77.8 cm³/mol. The number of nitrogens with one attached hydrogen (secondary N) is 1. The van der Waals surface area contributed by atoms with Crippen LogP contribution in [0.3, 0.4) is 0 Å². The van der Waals surface area contributed by atoms with Crippen molar-refractivity contribution in [2.75, 3.05) is 32.7 Å². The molecule has 1 heterocycles. The van der Waals surface area contributed by atoms with Crippen LogP contribution in [0, 0.1) is 11.8 Å². The third-order valence-corrected chi connectivity index (χ3v) is 4.65. The van der Waals surface area contributed by atoms with Crippen molar-refractivity contribution in [3.8, 4) is 0 Å². The highest BCUT2D eigenvalue weighted by atomic mass is 16.1. The van der Waals surface area contributed by atoms with Crippen molar-refractivity contribution in [2.24, 2.45) is 17.6 Å². The van der Waals surface area contributed by atoms with E-state index in [9.17, 15) is 4.79 Å². The van der Waals surface area contributed by atoms with Gasteiger partial charge in [0.1, 0.15) is 0 Å². The summed E-state index contributed by atoms with van der Waals surface area (Å²) < 4.78 is 0. The maximum absolute atomic E-state index is 12.0. The number of hydrogen-bond donors (Lipinski definition) is 2. The van der Waals surface area contributed by atoms with Gasteiger partial charge < -0.3 is 16.0 Å². The third kappa shape index (κ3) is 4.77. The molecule has 4 nitrogen and oxygen atoms in total. The summed E-state index contributed by atoms with van der Waals surface area (Å²) in [6.45, 7) is 4.45. The molecule has 2 rings (SSSR count). The van der Waals surface area contributed by atoms with Crippen LogP contribution in [-0.2, 0) is 4.79 Å². The summed E-state index contributed by atoms with van der Waals surface area (Å²) in [6, 6.07) is 0. The fourth-order valence-electron chi connectivity index (χ4n) is 3.48. The second kappa shape index (κ2) is 7.85. The van der Waals surface area contributed by atoms with Gasteiger partial charge in [-0.2, -0.15) is 0 Å². The second-order valence-corrected chi connectivity index (χ2v) is 6.16. The zero-order chi connectivity index (χ0) is 13.5. The topological polar surface area (TPSA) is 58.4 Å². The van der Waals surface area contributed by atoms with Crippen molar-refractivity contribution in [1.29, 1.82) is 0 Å². The molecule has 1 aliphatic heterocycles. The van der Waals surface area contributed by atoms with Gasteiger partial charge in [-0.05, 0) is 38.3 Å². The van der Waals surface area contributed by atoms with Crippen molar-refractivity contribution < 1.29 is 4.79 Å². The summed E-state index contributed by atoms with van der Waals surface area (Å²) in [5.74, 6) is 1.34. The first-order chi connectivity index (χ1) is 9.29. The third-order valence-electron chi connectivity index (χ3n) is 4.65. The normalized spacial score (nSPS) is 25.6. The van der Waals surface area contributed by atoms with Gasteiger partial charge in [0.15, 0.2) is 0 Å². The molecule has 0 bridgehead atoms. The van der Waals surface area contributed by atoms with Crippen molar-refractivity contribution in [1.82, 2.24) is 10.2 Å². The molecule has 1 saturated carbocycles. The molecule has 0 spiro atoms. The Labute approximate surface area is 117 Å². The summed E-state index contributed by atoms with van der Waals surface area (Å²) in [4.78, 5) is 14.5. The van der Waals surface area contributed by atoms with Crippen LogP contribution in [0.25, 0.3) is 0 Å². The van der Waals surface area contributed by atoms with E-state index in [4.69, 9.17) is 5.73 Å². The molecule has 1 unspecified atom stereocenters. The number of hydrogen-bond acceptors (Lipinski definition) is 3. The van der Waals surface area contributed by atoms with E-state index in [0.717, 1.165) is 25.3 Å². The average molecular weight is 267 g/mol. The minimum absolute atomic E-state index is 0.184. The quantitative estimate of drug-likeness (QED) is 0.764. The van der Waals surface area contributed by atoms with Gasteiger partial charge in [-0.3, -0.25) is 4.79 Å². The van der Waals surface area contributed by atoms with Crippen molar-refractivity contribution in [3.05, 3.63) is 0 Å². The van der Waals surface area contributed by atoms with E-state index in [1.165, 1.54) is 45.2 Å². The van der Waals surface area contributed by atoms with Crippen LogP contribution in [0.5, 0.6) is 0 Å². The number of rotatable bonds is 6. The smallest absolute Gasteiger partial charge is 0.224 e. The molecule has 0 aromatic rings. The molecule has 19 heavy (non-hydrogen) atoms. The fourth-order valence-corrected chi connectivity index (χ4v) is 3.48. The lowest BCUT2D eigenvalue weighted by Gasteiger charge is -2.32. The Morgan fingerprint density at radius 2 is 2.00 bits per heavy atom. The standard InChI is InChI=1S/C15H29N3O/c16-8-9-17-15(19)14-6-3-10-18(12-14)11-7-13-4-1-2-5-13/h13-14H,1-12,16H2,(H,17,19). The van der Waals surface area contributed by atoms with Crippen molar-refractivity contribution in [2.45, 2.75) is 44.9 Å². The molecular weight excluding hydrogens is 238 g/mol. The lowest BCUT2D eigenvalue weighted by molar-refractivity contribution is -0.126. The van der Waals surface area contributed by atoms with Crippen LogP contribution in [0.2, 0.25) is 0 Å². The van der Waals surface area contributed by atoms with E-state index >= 15 is 0 Å². The molecule has 0 aromatic carbocycles. The Morgan fingerprint density at radius 3 is 2.74 bits per heavy atom. The van der Waals surface area contributed by atoms with Gasteiger partial charge in [0.25, 0.3) is 0 Å². The molecule has 1 atom stereocenters. The Balaban J connectivity index is 1.68. The summed E-state index contributed by atoms with van der Waals surface area (Å²) in [6.07, 6.45) is 9.23. The van der Waals surface area contributed by atoms with E-state index in [0.29, 0.717) is 13.1 Å². The van der Waals surface area contributed by atoms with Crippen molar-refractivity contribution in [3.63, 3.8) is 0 Å². The fraction of sp³-hybridized carbons (Fsp3) is 0.933. The molecule has 2 fully saturated rings. The van der Waals surface area contributed by atoms with Gasteiger partial charge in [-0.1, -0.05) is 25.7 Å². The first-order valence-electron chi connectivity index (χ1n) is 7.99. The number of carbonyl (C=O) groups is 1. The monoisotopic (exact) mass is 267 g/mol. The number of amides is 1. The number of nitrogens with two attached hydrogens (primary N) is 1. The molecule has 3 N–H and O–H groups in total. The predicted octanol–water partition coefficient (Wildman–Crippen LogP) is 1.35. The van der Waals surface area contributed by atoms with Crippen molar-refractivity contribution >= 4 is 5.91 Å². The van der Waals surface area contributed by atoms with Gasteiger partial charge in [0.2, 0.25) is 5.91 Å². The van der Waals surface area contributed by atoms with E-state index < -0.39 is 0 Å². The lowest BCUT2D eigenvalue weighted by atomic mass is 9.96. The van der Waals surface area contributed by atoms with Gasteiger partial charge in [0.05, 0.1) is 5.92 Å². The summed E-state index contributed by atoms with van der Waals surface area (Å²) in [7, 11) is 0. The maximum Gasteiger partial charge on any atom is 0.224 e. The molecule has 4 heteroatoms.